The summed E-state index contributed by atoms with van der Waals surface area (Å²) in [6.45, 7) is 3.38. The zero-order valence-electron chi connectivity index (χ0n) is 7.58. The molecular weight excluding hydrogens is 154 g/mol. The van der Waals surface area contributed by atoms with Crippen molar-refractivity contribution >= 4 is 5.78 Å². The molecule has 1 atom stereocenters. The van der Waals surface area contributed by atoms with E-state index >= 15 is 0 Å². The van der Waals surface area contributed by atoms with Crippen molar-refractivity contribution in [3.05, 3.63) is 0 Å². The number of carbonyl (C=O) groups is 1. The molecule has 1 heterocycles. The second kappa shape index (κ2) is 4.58. The van der Waals surface area contributed by atoms with Gasteiger partial charge in [-0.05, 0) is 18.8 Å². The third kappa shape index (κ3) is 2.29. The highest BCUT2D eigenvalue weighted by Crippen LogP contribution is 2.18. The molecule has 0 aromatic rings. The largest absolute Gasteiger partial charge is 0.381 e. The van der Waals surface area contributed by atoms with E-state index in [1.807, 2.05) is 6.92 Å². The molecule has 0 aromatic carbocycles. The van der Waals surface area contributed by atoms with E-state index in [-0.39, 0.29) is 11.8 Å². The Morgan fingerprint density at radius 1 is 1.58 bits per heavy atom. The Morgan fingerprint density at radius 3 is 2.67 bits per heavy atom. The predicted molar refractivity (Wildman–Crippen MR) is 46.8 cm³/mol. The van der Waals surface area contributed by atoms with Crippen LogP contribution in [0.15, 0.2) is 0 Å². The van der Waals surface area contributed by atoms with Crippen LogP contribution in [-0.2, 0) is 9.53 Å². The fourth-order valence-corrected chi connectivity index (χ4v) is 1.57. The van der Waals surface area contributed by atoms with Crippen LogP contribution in [0.2, 0.25) is 0 Å². The average molecular weight is 171 g/mol. The van der Waals surface area contributed by atoms with Crippen molar-refractivity contribution in [1.29, 1.82) is 0 Å². The zero-order valence-corrected chi connectivity index (χ0v) is 7.58. The first-order chi connectivity index (χ1) is 5.75. The van der Waals surface area contributed by atoms with Crippen LogP contribution in [0.4, 0.5) is 0 Å². The van der Waals surface area contributed by atoms with Gasteiger partial charge in [-0.3, -0.25) is 4.79 Å². The summed E-state index contributed by atoms with van der Waals surface area (Å²) in [5, 5.41) is 0. The lowest BCUT2D eigenvalue weighted by molar-refractivity contribution is -0.121. The summed E-state index contributed by atoms with van der Waals surface area (Å²) in [6, 6.07) is -0.251. The predicted octanol–water partition coefficient (Wildman–Crippen LogP) is 0.719. The Hall–Kier alpha value is -0.410. The molecule has 0 unspecified atom stereocenters. The highest BCUT2D eigenvalue weighted by Gasteiger charge is 2.24. The highest BCUT2D eigenvalue weighted by atomic mass is 16.5. The number of nitrogens with two attached hydrogens (primary N) is 1. The molecular formula is C9H17NO2. The lowest BCUT2D eigenvalue weighted by Gasteiger charge is -2.26. The lowest BCUT2D eigenvalue weighted by atomic mass is 9.89. The van der Waals surface area contributed by atoms with Crippen molar-refractivity contribution in [2.24, 2.45) is 11.7 Å². The first-order valence-corrected chi connectivity index (χ1v) is 4.61. The van der Waals surface area contributed by atoms with Crippen molar-refractivity contribution in [1.82, 2.24) is 0 Å². The second-order valence-electron chi connectivity index (χ2n) is 3.30. The van der Waals surface area contributed by atoms with Crippen molar-refractivity contribution in [2.75, 3.05) is 13.2 Å². The third-order valence-corrected chi connectivity index (χ3v) is 2.49. The lowest BCUT2D eigenvalue weighted by Crippen LogP contribution is -2.40. The minimum Gasteiger partial charge on any atom is -0.381 e. The molecule has 1 saturated heterocycles. The fourth-order valence-electron chi connectivity index (χ4n) is 1.57. The molecule has 0 amide bonds. The second-order valence-corrected chi connectivity index (χ2v) is 3.30. The summed E-state index contributed by atoms with van der Waals surface area (Å²) in [6.07, 6.45) is 2.43. The van der Waals surface area contributed by atoms with Crippen LogP contribution in [0.5, 0.6) is 0 Å². The third-order valence-electron chi connectivity index (χ3n) is 2.49. The van der Waals surface area contributed by atoms with E-state index in [2.05, 4.69) is 0 Å². The summed E-state index contributed by atoms with van der Waals surface area (Å²) in [5.41, 5.74) is 5.80. The van der Waals surface area contributed by atoms with Crippen LogP contribution in [-0.4, -0.2) is 25.0 Å². The standard InChI is InChI=1S/C9H17NO2/c1-2-8(11)9(10)7-3-5-12-6-4-7/h7,9H,2-6,10H2,1H3/t9-/m0/s1. The normalized spacial score (nSPS) is 22.2. The molecule has 70 valence electrons. The molecule has 1 fully saturated rings. The Kier molecular flexibility index (Phi) is 3.69. The number of ether oxygens (including phenoxy) is 1. The zero-order chi connectivity index (χ0) is 8.97. The molecule has 0 aliphatic carbocycles. The van der Waals surface area contributed by atoms with Gasteiger partial charge >= 0.3 is 0 Å². The fraction of sp³-hybridized carbons (Fsp3) is 0.889. The molecule has 1 aliphatic heterocycles. The van der Waals surface area contributed by atoms with Crippen LogP contribution >= 0.6 is 0 Å². The Balaban J connectivity index is 2.39. The maximum atomic E-state index is 11.2. The van der Waals surface area contributed by atoms with E-state index in [1.165, 1.54) is 0 Å². The molecule has 0 aromatic heterocycles. The number of carbonyl (C=O) groups excluding carboxylic acids is 1. The van der Waals surface area contributed by atoms with Crippen LogP contribution in [0, 0.1) is 5.92 Å². The molecule has 0 bridgehead atoms. The number of hydrogen-bond acceptors (Lipinski definition) is 3. The molecule has 3 heteroatoms. The minimum absolute atomic E-state index is 0.182. The molecule has 0 spiro atoms. The van der Waals surface area contributed by atoms with Crippen LogP contribution in [0.3, 0.4) is 0 Å². The summed E-state index contributed by atoms with van der Waals surface area (Å²) in [7, 11) is 0. The van der Waals surface area contributed by atoms with Gasteiger partial charge < -0.3 is 10.5 Å². The quantitative estimate of drug-likeness (QED) is 0.680. The molecule has 0 radical (unpaired) electrons. The van der Waals surface area contributed by atoms with Gasteiger partial charge in [0, 0.05) is 19.6 Å². The van der Waals surface area contributed by atoms with Gasteiger partial charge in [-0.25, -0.2) is 0 Å². The Labute approximate surface area is 73.3 Å². The van der Waals surface area contributed by atoms with Gasteiger partial charge in [-0.15, -0.1) is 0 Å². The first-order valence-electron chi connectivity index (χ1n) is 4.61. The van der Waals surface area contributed by atoms with Gasteiger partial charge in [0.15, 0.2) is 0 Å². The summed E-state index contributed by atoms with van der Waals surface area (Å²) in [4.78, 5) is 11.2. The van der Waals surface area contributed by atoms with E-state index in [9.17, 15) is 4.79 Å². The molecule has 0 saturated carbocycles. The van der Waals surface area contributed by atoms with Gasteiger partial charge in [0.05, 0.1) is 6.04 Å². The number of ketones is 1. The van der Waals surface area contributed by atoms with Gasteiger partial charge in [0.25, 0.3) is 0 Å². The van der Waals surface area contributed by atoms with Crippen molar-refractivity contribution in [3.63, 3.8) is 0 Å². The molecule has 1 aliphatic rings. The van der Waals surface area contributed by atoms with Crippen molar-refractivity contribution in [3.8, 4) is 0 Å². The van der Waals surface area contributed by atoms with Crippen molar-refractivity contribution < 1.29 is 9.53 Å². The van der Waals surface area contributed by atoms with E-state index in [4.69, 9.17) is 10.5 Å². The monoisotopic (exact) mass is 171 g/mol. The van der Waals surface area contributed by atoms with Gasteiger partial charge in [-0.2, -0.15) is 0 Å². The van der Waals surface area contributed by atoms with Crippen LogP contribution < -0.4 is 5.73 Å². The van der Waals surface area contributed by atoms with Crippen LogP contribution in [0.1, 0.15) is 26.2 Å². The van der Waals surface area contributed by atoms with Crippen molar-refractivity contribution in [2.45, 2.75) is 32.2 Å². The van der Waals surface area contributed by atoms with Gasteiger partial charge in [0.1, 0.15) is 5.78 Å². The first kappa shape index (κ1) is 9.68. The molecule has 3 nitrogen and oxygen atoms in total. The minimum atomic E-state index is -0.251. The molecule has 12 heavy (non-hydrogen) atoms. The maximum Gasteiger partial charge on any atom is 0.149 e. The van der Waals surface area contributed by atoms with E-state index in [1.54, 1.807) is 0 Å². The van der Waals surface area contributed by atoms with E-state index in [0.717, 1.165) is 26.1 Å². The topological polar surface area (TPSA) is 52.3 Å². The summed E-state index contributed by atoms with van der Waals surface area (Å²) < 4.78 is 5.20. The smallest absolute Gasteiger partial charge is 0.149 e. The Morgan fingerprint density at radius 2 is 2.17 bits per heavy atom. The van der Waals surface area contributed by atoms with Crippen LogP contribution in [0.25, 0.3) is 0 Å². The highest BCUT2D eigenvalue weighted by molar-refractivity contribution is 5.83. The van der Waals surface area contributed by atoms with Gasteiger partial charge in [0.2, 0.25) is 0 Å². The number of rotatable bonds is 3. The number of Topliss-reactive ketones (excluding diaryl/α,β-unsaturated/α-hetero) is 1. The summed E-state index contributed by atoms with van der Waals surface area (Å²) >= 11 is 0. The van der Waals surface area contributed by atoms with E-state index < -0.39 is 0 Å². The Bertz CT molecular complexity index is 153. The summed E-state index contributed by atoms with van der Waals surface area (Å²) in [5.74, 6) is 0.535. The molecule has 1 rings (SSSR count). The SMILES string of the molecule is CCC(=O)[C@@H](N)C1CCOCC1. The van der Waals surface area contributed by atoms with Gasteiger partial charge in [-0.1, -0.05) is 6.92 Å². The number of hydrogen-bond donors (Lipinski definition) is 1. The maximum absolute atomic E-state index is 11.2. The van der Waals surface area contributed by atoms with E-state index in [0.29, 0.717) is 12.3 Å². The molecule has 2 N–H and O–H groups in total. The average Bonchev–Trinajstić information content (AvgIpc) is 2.17.